The van der Waals surface area contributed by atoms with Crippen molar-refractivity contribution in [2.24, 2.45) is 5.92 Å². The fourth-order valence-electron chi connectivity index (χ4n) is 2.79. The van der Waals surface area contributed by atoms with Gasteiger partial charge in [0.2, 0.25) is 0 Å². The maximum atomic E-state index is 12.1. The zero-order valence-electron chi connectivity index (χ0n) is 12.2. The summed E-state index contributed by atoms with van der Waals surface area (Å²) in [5.74, 6) is -1.08. The number of carboxylic acids is 1. The maximum absolute atomic E-state index is 12.1. The summed E-state index contributed by atoms with van der Waals surface area (Å²) in [5, 5.41) is 16.9. The Balaban J connectivity index is 1.84. The van der Waals surface area contributed by atoms with Crippen LogP contribution in [0.2, 0.25) is 0 Å². The predicted molar refractivity (Wildman–Crippen MR) is 82.4 cm³/mol. The van der Waals surface area contributed by atoms with E-state index < -0.39 is 5.97 Å². The molecule has 1 fully saturated rings. The first-order valence-electron chi connectivity index (χ1n) is 7.43. The lowest BCUT2D eigenvalue weighted by molar-refractivity contribution is -0.141. The molecule has 5 nitrogen and oxygen atoms in total. The van der Waals surface area contributed by atoms with Crippen molar-refractivity contribution in [1.82, 2.24) is 10.6 Å². The minimum Gasteiger partial charge on any atom is -0.481 e. The second-order valence-electron chi connectivity index (χ2n) is 5.52. The number of amides is 2. The van der Waals surface area contributed by atoms with Crippen LogP contribution in [0.25, 0.3) is 0 Å². The largest absolute Gasteiger partial charge is 0.481 e. The van der Waals surface area contributed by atoms with Gasteiger partial charge in [-0.05, 0) is 37.1 Å². The number of rotatable bonds is 6. The summed E-state index contributed by atoms with van der Waals surface area (Å²) in [6, 6.07) is 3.82. The van der Waals surface area contributed by atoms with E-state index in [0.29, 0.717) is 12.8 Å². The Morgan fingerprint density at radius 1 is 1.48 bits per heavy atom. The van der Waals surface area contributed by atoms with Gasteiger partial charge < -0.3 is 15.7 Å². The standard InChI is InChI=1S/C15H22N2O3S/c1-2-4-12(13-5-3-8-21-13)17-15(20)16-11-7-6-10(9-11)14(18)19/h3,5,8,10-12H,2,4,6-7,9H2,1H3,(H,18,19)(H2,16,17,20). The van der Waals surface area contributed by atoms with Crippen molar-refractivity contribution in [1.29, 1.82) is 0 Å². The SMILES string of the molecule is CCCC(NC(=O)NC1CCC(C(=O)O)C1)c1cccs1. The zero-order chi connectivity index (χ0) is 15.2. The summed E-state index contributed by atoms with van der Waals surface area (Å²) >= 11 is 1.64. The third-order valence-electron chi connectivity index (χ3n) is 3.89. The van der Waals surface area contributed by atoms with Crippen LogP contribution in [-0.2, 0) is 4.79 Å². The minimum absolute atomic E-state index is 0.0308. The zero-order valence-corrected chi connectivity index (χ0v) is 13.0. The van der Waals surface area contributed by atoms with Gasteiger partial charge in [0, 0.05) is 10.9 Å². The van der Waals surface area contributed by atoms with E-state index in [2.05, 4.69) is 17.6 Å². The third-order valence-corrected chi connectivity index (χ3v) is 4.87. The lowest BCUT2D eigenvalue weighted by atomic mass is 10.1. The molecule has 2 amide bonds. The molecular weight excluding hydrogens is 288 g/mol. The van der Waals surface area contributed by atoms with E-state index in [-0.39, 0.29) is 24.0 Å². The molecule has 0 aromatic carbocycles. The maximum Gasteiger partial charge on any atom is 0.315 e. The van der Waals surface area contributed by atoms with E-state index in [1.165, 1.54) is 0 Å². The van der Waals surface area contributed by atoms with Crippen LogP contribution in [-0.4, -0.2) is 23.1 Å². The normalized spacial score (nSPS) is 22.7. The van der Waals surface area contributed by atoms with Crippen molar-refractivity contribution < 1.29 is 14.7 Å². The Kier molecular flexibility index (Phi) is 5.61. The Hall–Kier alpha value is -1.56. The number of aliphatic carboxylic acids is 1. The monoisotopic (exact) mass is 310 g/mol. The highest BCUT2D eigenvalue weighted by Gasteiger charge is 2.30. The van der Waals surface area contributed by atoms with Crippen molar-refractivity contribution in [3.05, 3.63) is 22.4 Å². The van der Waals surface area contributed by atoms with E-state index in [1.807, 2.05) is 17.5 Å². The summed E-state index contributed by atoms with van der Waals surface area (Å²) in [7, 11) is 0. The molecule has 0 spiro atoms. The summed E-state index contributed by atoms with van der Waals surface area (Å²) < 4.78 is 0. The molecule has 1 heterocycles. The molecule has 6 heteroatoms. The molecule has 2 rings (SSSR count). The lowest BCUT2D eigenvalue weighted by Gasteiger charge is -2.19. The summed E-state index contributed by atoms with van der Waals surface area (Å²) in [6.07, 6.45) is 3.80. The third kappa shape index (κ3) is 4.46. The Bertz CT molecular complexity index is 475. The molecule has 0 bridgehead atoms. The van der Waals surface area contributed by atoms with Gasteiger partial charge in [-0.2, -0.15) is 0 Å². The second kappa shape index (κ2) is 7.45. The first-order valence-corrected chi connectivity index (χ1v) is 8.31. The molecule has 3 atom stereocenters. The van der Waals surface area contributed by atoms with E-state index in [1.54, 1.807) is 11.3 Å². The number of carboxylic acid groups (broad SMARTS) is 1. The van der Waals surface area contributed by atoms with Gasteiger partial charge in [0.25, 0.3) is 0 Å². The molecular formula is C15H22N2O3S. The van der Waals surface area contributed by atoms with Crippen LogP contribution in [0.15, 0.2) is 17.5 Å². The van der Waals surface area contributed by atoms with E-state index in [0.717, 1.165) is 24.1 Å². The second-order valence-corrected chi connectivity index (χ2v) is 6.50. The molecule has 1 aromatic rings. The molecule has 116 valence electrons. The number of carbonyl (C=O) groups excluding carboxylic acids is 1. The van der Waals surface area contributed by atoms with E-state index >= 15 is 0 Å². The molecule has 3 N–H and O–H groups in total. The number of hydrogen-bond acceptors (Lipinski definition) is 3. The van der Waals surface area contributed by atoms with Gasteiger partial charge in [0.05, 0.1) is 12.0 Å². The average Bonchev–Trinajstić information content (AvgIpc) is 3.09. The average molecular weight is 310 g/mol. The van der Waals surface area contributed by atoms with Crippen LogP contribution in [0.1, 0.15) is 49.9 Å². The van der Waals surface area contributed by atoms with Gasteiger partial charge in [-0.15, -0.1) is 11.3 Å². The summed E-state index contributed by atoms with van der Waals surface area (Å²) in [6.45, 7) is 2.09. The first-order chi connectivity index (χ1) is 10.1. The van der Waals surface area contributed by atoms with E-state index in [9.17, 15) is 9.59 Å². The Labute approximate surface area is 128 Å². The van der Waals surface area contributed by atoms with Crippen molar-refractivity contribution >= 4 is 23.3 Å². The van der Waals surface area contributed by atoms with Crippen molar-refractivity contribution in [2.45, 2.75) is 51.1 Å². The molecule has 0 radical (unpaired) electrons. The van der Waals surface area contributed by atoms with Gasteiger partial charge in [-0.25, -0.2) is 4.79 Å². The fraction of sp³-hybridized carbons (Fsp3) is 0.600. The number of hydrogen-bond donors (Lipinski definition) is 3. The highest BCUT2D eigenvalue weighted by Crippen LogP contribution is 2.26. The molecule has 0 aliphatic heterocycles. The van der Waals surface area contributed by atoms with Crippen molar-refractivity contribution in [3.63, 3.8) is 0 Å². The van der Waals surface area contributed by atoms with Crippen LogP contribution in [0.4, 0.5) is 4.79 Å². The highest BCUT2D eigenvalue weighted by atomic mass is 32.1. The number of thiophene rings is 1. The van der Waals surface area contributed by atoms with Gasteiger partial charge in [0.1, 0.15) is 0 Å². The lowest BCUT2D eigenvalue weighted by Crippen LogP contribution is -2.42. The van der Waals surface area contributed by atoms with Crippen LogP contribution >= 0.6 is 11.3 Å². The van der Waals surface area contributed by atoms with Gasteiger partial charge in [-0.1, -0.05) is 19.4 Å². The molecule has 3 unspecified atom stereocenters. The molecule has 1 aromatic heterocycles. The predicted octanol–water partition coefficient (Wildman–Crippen LogP) is 3.14. The number of nitrogens with one attached hydrogen (secondary N) is 2. The number of carbonyl (C=O) groups is 2. The summed E-state index contributed by atoms with van der Waals surface area (Å²) in [4.78, 5) is 24.2. The topological polar surface area (TPSA) is 78.4 Å². The molecule has 1 aliphatic carbocycles. The van der Waals surface area contributed by atoms with E-state index in [4.69, 9.17) is 5.11 Å². The Morgan fingerprint density at radius 3 is 2.86 bits per heavy atom. The minimum atomic E-state index is -0.762. The van der Waals surface area contributed by atoms with Crippen LogP contribution in [0.3, 0.4) is 0 Å². The van der Waals surface area contributed by atoms with Gasteiger partial charge in [-0.3, -0.25) is 4.79 Å². The molecule has 21 heavy (non-hydrogen) atoms. The van der Waals surface area contributed by atoms with Gasteiger partial charge >= 0.3 is 12.0 Å². The molecule has 1 aliphatic rings. The Morgan fingerprint density at radius 2 is 2.29 bits per heavy atom. The van der Waals surface area contributed by atoms with Gasteiger partial charge in [0.15, 0.2) is 0 Å². The summed E-state index contributed by atoms with van der Waals surface area (Å²) in [5.41, 5.74) is 0. The smallest absolute Gasteiger partial charge is 0.315 e. The van der Waals surface area contributed by atoms with Crippen LogP contribution in [0.5, 0.6) is 0 Å². The molecule has 0 saturated heterocycles. The van der Waals surface area contributed by atoms with Crippen molar-refractivity contribution in [2.75, 3.05) is 0 Å². The highest BCUT2D eigenvalue weighted by molar-refractivity contribution is 7.10. The fourth-order valence-corrected chi connectivity index (χ4v) is 3.60. The molecule has 1 saturated carbocycles. The number of urea groups is 1. The van der Waals surface area contributed by atoms with Crippen molar-refractivity contribution in [3.8, 4) is 0 Å². The van der Waals surface area contributed by atoms with Crippen LogP contribution in [0, 0.1) is 5.92 Å². The first kappa shape index (κ1) is 15.8. The quantitative estimate of drug-likeness (QED) is 0.755. The van der Waals surface area contributed by atoms with Crippen LogP contribution < -0.4 is 10.6 Å².